The number of hydrogen-bond acceptors (Lipinski definition) is 2. The predicted octanol–water partition coefficient (Wildman–Crippen LogP) is 2.49. The predicted molar refractivity (Wildman–Crippen MR) is 58.1 cm³/mol. The second-order valence-electron chi connectivity index (χ2n) is 4.14. The minimum atomic E-state index is -2.19. The van der Waals surface area contributed by atoms with Gasteiger partial charge in [-0.2, -0.15) is 0 Å². The lowest BCUT2D eigenvalue weighted by molar-refractivity contribution is -0.117. The zero-order valence-corrected chi connectivity index (χ0v) is 10.3. The molecule has 0 aromatic heterocycles. The van der Waals surface area contributed by atoms with Crippen molar-refractivity contribution in [2.75, 3.05) is 7.05 Å². The van der Waals surface area contributed by atoms with Crippen molar-refractivity contribution in [3.8, 4) is 0 Å². The van der Waals surface area contributed by atoms with Crippen LogP contribution in [0.5, 0.6) is 0 Å². The first kappa shape index (κ1) is 15.6. The molecule has 0 aliphatic carbocycles. The summed E-state index contributed by atoms with van der Waals surface area (Å²) in [5.41, 5.74) is -0.919. The Morgan fingerprint density at radius 1 is 1.00 bits per heavy atom. The van der Waals surface area contributed by atoms with Crippen molar-refractivity contribution in [1.29, 1.82) is 0 Å². The van der Waals surface area contributed by atoms with E-state index in [9.17, 15) is 26.7 Å². The van der Waals surface area contributed by atoms with E-state index in [1.165, 1.54) is 14.0 Å². The first-order valence-corrected chi connectivity index (χ1v) is 5.46. The van der Waals surface area contributed by atoms with Gasteiger partial charge in [-0.25, -0.2) is 22.0 Å². The molecule has 0 saturated heterocycles. The summed E-state index contributed by atoms with van der Waals surface area (Å²) in [5.74, 6) is -10.1. The summed E-state index contributed by atoms with van der Waals surface area (Å²) in [6.45, 7) is 1.27. The minimum Gasteiger partial charge on any atom is -0.316 e. The Balaban J connectivity index is 3.17. The number of likely N-dealkylation sites (N-methyl/N-ethyl adjacent to an activating group) is 1. The molecule has 2 nitrogen and oxygen atoms in total. The zero-order valence-electron chi connectivity index (χ0n) is 10.3. The Bertz CT molecular complexity index is 474. The third-order valence-corrected chi connectivity index (χ3v) is 2.69. The van der Waals surface area contributed by atoms with E-state index in [2.05, 4.69) is 5.32 Å². The van der Waals surface area contributed by atoms with Crippen LogP contribution in [0.1, 0.15) is 18.9 Å². The van der Waals surface area contributed by atoms with Crippen LogP contribution in [0.3, 0.4) is 0 Å². The minimum absolute atomic E-state index is 0.0734. The first-order valence-electron chi connectivity index (χ1n) is 5.46. The summed E-state index contributed by atoms with van der Waals surface area (Å²) in [5, 5.41) is 2.60. The Morgan fingerprint density at radius 3 is 1.79 bits per heavy atom. The highest BCUT2D eigenvalue weighted by Crippen LogP contribution is 2.24. The van der Waals surface area contributed by atoms with Gasteiger partial charge in [0.25, 0.3) is 0 Å². The topological polar surface area (TPSA) is 29.1 Å². The summed E-state index contributed by atoms with van der Waals surface area (Å²) in [6.07, 6.45) is -0.544. The highest BCUT2D eigenvalue weighted by molar-refractivity contribution is 5.76. The van der Waals surface area contributed by atoms with E-state index in [0.29, 0.717) is 0 Å². The number of carbonyl (C=O) groups is 1. The van der Waals surface area contributed by atoms with Crippen molar-refractivity contribution in [2.24, 2.45) is 0 Å². The van der Waals surface area contributed by atoms with E-state index < -0.39 is 47.1 Å². The molecule has 1 atom stereocenters. The Kier molecular flexibility index (Phi) is 4.99. The van der Waals surface area contributed by atoms with Gasteiger partial charge in [0.1, 0.15) is 5.78 Å². The lowest BCUT2D eigenvalue weighted by atomic mass is 10.00. The second-order valence-corrected chi connectivity index (χ2v) is 4.14. The van der Waals surface area contributed by atoms with Crippen LogP contribution in [0.25, 0.3) is 0 Å². The quantitative estimate of drug-likeness (QED) is 0.510. The molecule has 0 aliphatic heterocycles. The summed E-state index contributed by atoms with van der Waals surface area (Å²) >= 11 is 0. The standard InChI is InChI=1S/C12H12F5NO/c1-5(19)3-6(18-2)4-7-8(13)10(15)12(17)11(16)9(7)14/h6,18H,3-4H2,1-2H3/t6-/m0/s1. The van der Waals surface area contributed by atoms with Crippen molar-refractivity contribution in [1.82, 2.24) is 5.32 Å². The fourth-order valence-corrected chi connectivity index (χ4v) is 1.70. The number of ketones is 1. The number of benzene rings is 1. The molecule has 0 radical (unpaired) electrons. The van der Waals surface area contributed by atoms with Crippen LogP contribution < -0.4 is 5.32 Å². The molecule has 1 rings (SSSR count). The molecule has 1 N–H and O–H groups in total. The fraction of sp³-hybridized carbons (Fsp3) is 0.417. The molecule has 1 aromatic carbocycles. The van der Waals surface area contributed by atoms with Crippen LogP contribution >= 0.6 is 0 Å². The molecule has 0 aliphatic rings. The van der Waals surface area contributed by atoms with Gasteiger partial charge in [0.2, 0.25) is 5.82 Å². The number of rotatable bonds is 5. The number of hydrogen-bond donors (Lipinski definition) is 1. The summed E-state index contributed by atoms with van der Waals surface area (Å²) in [7, 11) is 1.43. The van der Waals surface area contributed by atoms with Crippen molar-refractivity contribution in [2.45, 2.75) is 25.8 Å². The average Bonchev–Trinajstić information content (AvgIpc) is 2.37. The van der Waals surface area contributed by atoms with Crippen LogP contribution in [0.4, 0.5) is 22.0 Å². The Morgan fingerprint density at radius 2 is 1.42 bits per heavy atom. The van der Waals surface area contributed by atoms with Gasteiger partial charge in [-0.1, -0.05) is 0 Å². The Labute approximate surface area is 106 Å². The first-order chi connectivity index (χ1) is 8.79. The normalized spacial score (nSPS) is 12.6. The van der Waals surface area contributed by atoms with Crippen LogP contribution in [0.2, 0.25) is 0 Å². The van der Waals surface area contributed by atoms with Crippen molar-refractivity contribution < 1.29 is 26.7 Å². The van der Waals surface area contributed by atoms with Crippen LogP contribution in [0, 0.1) is 29.1 Å². The number of nitrogens with one attached hydrogen (secondary N) is 1. The SMILES string of the molecule is CN[C@@H](CC(C)=O)Cc1c(F)c(F)c(F)c(F)c1F. The third-order valence-electron chi connectivity index (χ3n) is 2.69. The maximum Gasteiger partial charge on any atom is 0.200 e. The largest absolute Gasteiger partial charge is 0.316 e. The van der Waals surface area contributed by atoms with Gasteiger partial charge in [-0.05, 0) is 20.4 Å². The molecular formula is C12H12F5NO. The molecule has 0 unspecified atom stereocenters. The second kappa shape index (κ2) is 6.10. The maximum absolute atomic E-state index is 13.4. The molecule has 0 amide bonds. The van der Waals surface area contributed by atoms with Gasteiger partial charge in [-0.15, -0.1) is 0 Å². The fourth-order valence-electron chi connectivity index (χ4n) is 1.70. The molecule has 7 heteroatoms. The van der Waals surface area contributed by atoms with Gasteiger partial charge in [0, 0.05) is 18.0 Å². The van der Waals surface area contributed by atoms with E-state index in [1.54, 1.807) is 0 Å². The molecule has 1 aromatic rings. The van der Waals surface area contributed by atoms with E-state index in [0.717, 1.165) is 0 Å². The van der Waals surface area contributed by atoms with Gasteiger partial charge < -0.3 is 5.32 Å². The number of halogens is 5. The van der Waals surface area contributed by atoms with Gasteiger partial charge >= 0.3 is 0 Å². The average molecular weight is 281 g/mol. The van der Waals surface area contributed by atoms with Gasteiger partial charge in [-0.3, -0.25) is 4.79 Å². The molecule has 19 heavy (non-hydrogen) atoms. The van der Waals surface area contributed by atoms with Crippen LogP contribution in [-0.4, -0.2) is 18.9 Å². The van der Waals surface area contributed by atoms with Crippen molar-refractivity contribution in [3.05, 3.63) is 34.6 Å². The smallest absolute Gasteiger partial charge is 0.200 e. The molecule has 0 spiro atoms. The molecular weight excluding hydrogens is 269 g/mol. The van der Waals surface area contributed by atoms with Gasteiger partial charge in [0.15, 0.2) is 23.3 Å². The van der Waals surface area contributed by atoms with E-state index in [-0.39, 0.29) is 12.2 Å². The zero-order chi connectivity index (χ0) is 14.7. The lowest BCUT2D eigenvalue weighted by Crippen LogP contribution is -2.30. The van der Waals surface area contributed by atoms with E-state index in [1.807, 2.05) is 0 Å². The molecule has 0 heterocycles. The maximum atomic E-state index is 13.4. The highest BCUT2D eigenvalue weighted by atomic mass is 19.2. The lowest BCUT2D eigenvalue weighted by Gasteiger charge is -2.16. The summed E-state index contributed by atoms with van der Waals surface area (Å²) < 4.78 is 65.6. The third kappa shape index (κ3) is 3.28. The summed E-state index contributed by atoms with van der Waals surface area (Å²) in [6, 6.07) is -0.703. The van der Waals surface area contributed by atoms with E-state index >= 15 is 0 Å². The van der Waals surface area contributed by atoms with Crippen LogP contribution in [0.15, 0.2) is 0 Å². The van der Waals surface area contributed by atoms with Gasteiger partial charge in [0.05, 0.1) is 0 Å². The van der Waals surface area contributed by atoms with Crippen molar-refractivity contribution >= 4 is 5.78 Å². The highest BCUT2D eigenvalue weighted by Gasteiger charge is 2.27. The molecule has 0 fully saturated rings. The molecule has 0 saturated carbocycles. The molecule has 0 bridgehead atoms. The molecule has 106 valence electrons. The Hall–Kier alpha value is -1.50. The number of Topliss-reactive ketones (excluding diaryl/α,β-unsaturated/α-hetero) is 1. The monoisotopic (exact) mass is 281 g/mol. The van der Waals surface area contributed by atoms with Crippen LogP contribution in [-0.2, 0) is 11.2 Å². The van der Waals surface area contributed by atoms with E-state index in [4.69, 9.17) is 0 Å². The number of carbonyl (C=O) groups excluding carboxylic acids is 1. The van der Waals surface area contributed by atoms with Crippen molar-refractivity contribution in [3.63, 3.8) is 0 Å². The summed E-state index contributed by atoms with van der Waals surface area (Å²) in [4.78, 5) is 10.9.